The lowest BCUT2D eigenvalue weighted by atomic mass is 10.2. The minimum absolute atomic E-state index is 0.0749. The number of esters is 1. The maximum atomic E-state index is 12.5. The van der Waals surface area contributed by atoms with E-state index >= 15 is 0 Å². The number of carbonyl (C=O) groups excluding carboxylic acids is 1. The first-order valence-electron chi connectivity index (χ1n) is 7.63. The van der Waals surface area contributed by atoms with Gasteiger partial charge in [-0.05, 0) is 19.4 Å². The lowest BCUT2D eigenvalue weighted by molar-refractivity contribution is -0.144. The topological polar surface area (TPSA) is 78.5 Å². The second-order valence-corrected chi connectivity index (χ2v) is 5.46. The van der Waals surface area contributed by atoms with Crippen LogP contribution in [0.4, 0.5) is 0 Å². The molecule has 0 aromatic carbocycles. The van der Waals surface area contributed by atoms with Crippen LogP contribution in [-0.4, -0.2) is 32.0 Å². The molecule has 0 bridgehead atoms. The van der Waals surface area contributed by atoms with E-state index in [4.69, 9.17) is 4.74 Å². The fourth-order valence-corrected chi connectivity index (χ4v) is 2.28. The van der Waals surface area contributed by atoms with Crippen LogP contribution in [0.1, 0.15) is 51.6 Å². The van der Waals surface area contributed by atoms with E-state index < -0.39 is 5.97 Å². The maximum Gasteiger partial charge on any atom is 0.327 e. The number of aromatic nitrogens is 4. The number of hydrogen-bond acceptors (Lipinski definition) is 5. The molecule has 0 radical (unpaired) electrons. The van der Waals surface area contributed by atoms with Gasteiger partial charge in [0.05, 0.1) is 12.3 Å². The molecule has 7 heteroatoms. The molecule has 0 unspecified atom stereocenters. The highest BCUT2D eigenvalue weighted by molar-refractivity contribution is 5.69. The Labute approximate surface area is 128 Å². The Kier molecular flexibility index (Phi) is 4.95. The van der Waals surface area contributed by atoms with Crippen LogP contribution < -0.4 is 5.56 Å². The monoisotopic (exact) mass is 306 g/mol. The molecule has 0 aliphatic heterocycles. The lowest BCUT2D eigenvalue weighted by Gasteiger charge is -2.11. The Morgan fingerprint density at radius 1 is 1.32 bits per heavy atom. The van der Waals surface area contributed by atoms with E-state index in [1.54, 1.807) is 17.5 Å². The molecule has 0 N–H and O–H groups in total. The zero-order valence-corrected chi connectivity index (χ0v) is 13.5. The quantitative estimate of drug-likeness (QED) is 0.756. The highest BCUT2D eigenvalue weighted by atomic mass is 16.5. The maximum absolute atomic E-state index is 12.5. The van der Waals surface area contributed by atoms with Crippen molar-refractivity contribution >= 4 is 11.5 Å². The molecule has 0 aliphatic rings. The van der Waals surface area contributed by atoms with Gasteiger partial charge in [-0.25, -0.2) is 9.20 Å². The molecular formula is C15H22N4O3. The van der Waals surface area contributed by atoms with Crippen LogP contribution in [0, 0.1) is 0 Å². The van der Waals surface area contributed by atoms with Crippen molar-refractivity contribution < 1.29 is 9.53 Å². The number of aryl methyl sites for hydroxylation is 1. The summed E-state index contributed by atoms with van der Waals surface area (Å²) in [5, 5.41) is 8.77. The first kappa shape index (κ1) is 16.2. The van der Waals surface area contributed by atoms with Gasteiger partial charge in [0.2, 0.25) is 0 Å². The largest absolute Gasteiger partial charge is 0.465 e. The minimum atomic E-state index is -0.468. The van der Waals surface area contributed by atoms with E-state index in [1.165, 1.54) is 4.68 Å². The first-order valence-corrected chi connectivity index (χ1v) is 7.63. The van der Waals surface area contributed by atoms with Gasteiger partial charge in [-0.15, -0.1) is 0 Å². The molecule has 2 heterocycles. The summed E-state index contributed by atoms with van der Waals surface area (Å²) in [6.07, 6.45) is 1.75. The molecule has 0 fully saturated rings. The molecular weight excluding hydrogens is 284 g/mol. The fourth-order valence-electron chi connectivity index (χ4n) is 2.28. The Bertz CT molecular complexity index is 730. The van der Waals surface area contributed by atoms with Gasteiger partial charge in [0.1, 0.15) is 12.1 Å². The predicted octanol–water partition coefficient (Wildman–Crippen LogP) is 1.53. The average molecular weight is 306 g/mol. The SMILES string of the molecule is CCCc1cc2c(=O)n(CC(=O)OCC)nc(C(C)C)n2n1. The van der Waals surface area contributed by atoms with E-state index in [0.717, 1.165) is 18.5 Å². The Morgan fingerprint density at radius 3 is 2.64 bits per heavy atom. The lowest BCUT2D eigenvalue weighted by Crippen LogP contribution is -2.31. The summed E-state index contributed by atoms with van der Waals surface area (Å²) in [6, 6.07) is 1.78. The predicted molar refractivity (Wildman–Crippen MR) is 82.0 cm³/mol. The second kappa shape index (κ2) is 6.72. The third-order valence-corrected chi connectivity index (χ3v) is 3.26. The summed E-state index contributed by atoms with van der Waals surface area (Å²) in [6.45, 7) is 7.83. The van der Waals surface area contributed by atoms with Crippen molar-refractivity contribution in [2.75, 3.05) is 6.61 Å². The number of carbonyl (C=O) groups is 1. The smallest absolute Gasteiger partial charge is 0.327 e. The van der Waals surface area contributed by atoms with Crippen molar-refractivity contribution in [1.82, 2.24) is 19.4 Å². The van der Waals surface area contributed by atoms with Crippen molar-refractivity contribution in [3.63, 3.8) is 0 Å². The minimum Gasteiger partial charge on any atom is -0.465 e. The fraction of sp³-hybridized carbons (Fsp3) is 0.600. The van der Waals surface area contributed by atoms with Gasteiger partial charge in [0, 0.05) is 5.92 Å². The average Bonchev–Trinajstić information content (AvgIpc) is 2.86. The van der Waals surface area contributed by atoms with Crippen molar-refractivity contribution in [3.05, 3.63) is 27.9 Å². The molecule has 120 valence electrons. The van der Waals surface area contributed by atoms with E-state index in [-0.39, 0.29) is 24.6 Å². The van der Waals surface area contributed by atoms with Gasteiger partial charge < -0.3 is 4.74 Å². The van der Waals surface area contributed by atoms with Crippen LogP contribution in [0.2, 0.25) is 0 Å². The molecule has 22 heavy (non-hydrogen) atoms. The number of fused-ring (bicyclic) bond motifs is 1. The van der Waals surface area contributed by atoms with Gasteiger partial charge in [-0.3, -0.25) is 9.59 Å². The number of rotatable bonds is 6. The van der Waals surface area contributed by atoms with Gasteiger partial charge in [-0.2, -0.15) is 10.2 Å². The highest BCUT2D eigenvalue weighted by Crippen LogP contribution is 2.13. The summed E-state index contributed by atoms with van der Waals surface area (Å²) in [4.78, 5) is 24.1. The van der Waals surface area contributed by atoms with Crippen LogP contribution in [0.3, 0.4) is 0 Å². The van der Waals surface area contributed by atoms with Gasteiger partial charge in [0.25, 0.3) is 5.56 Å². The first-order chi connectivity index (χ1) is 10.5. The molecule has 0 amide bonds. The van der Waals surface area contributed by atoms with Crippen LogP contribution in [0.25, 0.3) is 5.52 Å². The zero-order chi connectivity index (χ0) is 16.3. The summed E-state index contributed by atoms with van der Waals surface area (Å²) >= 11 is 0. The van der Waals surface area contributed by atoms with E-state index in [9.17, 15) is 9.59 Å². The summed E-state index contributed by atoms with van der Waals surface area (Å²) in [5.41, 5.74) is 0.982. The normalized spacial score (nSPS) is 11.3. The van der Waals surface area contributed by atoms with Gasteiger partial charge in [-0.1, -0.05) is 27.2 Å². The van der Waals surface area contributed by atoms with E-state index in [2.05, 4.69) is 17.1 Å². The summed E-state index contributed by atoms with van der Waals surface area (Å²) in [7, 11) is 0. The van der Waals surface area contributed by atoms with Gasteiger partial charge >= 0.3 is 5.97 Å². The zero-order valence-electron chi connectivity index (χ0n) is 13.5. The van der Waals surface area contributed by atoms with Crippen LogP contribution in [0.15, 0.2) is 10.9 Å². The number of nitrogens with zero attached hydrogens (tertiary/aromatic N) is 4. The van der Waals surface area contributed by atoms with Crippen LogP contribution in [0.5, 0.6) is 0 Å². The second-order valence-electron chi connectivity index (χ2n) is 5.46. The highest BCUT2D eigenvalue weighted by Gasteiger charge is 2.17. The number of hydrogen-bond donors (Lipinski definition) is 0. The molecule has 2 rings (SSSR count). The standard InChI is InChI=1S/C15H22N4O3/c1-5-7-11-8-12-15(21)18(9-13(20)22-6-2)17-14(10(3)4)19(12)16-11/h8,10H,5-7,9H2,1-4H3. The number of ether oxygens (including phenoxy) is 1. The van der Waals surface area contributed by atoms with Gasteiger partial charge in [0.15, 0.2) is 5.82 Å². The van der Waals surface area contributed by atoms with E-state index in [1.807, 2.05) is 13.8 Å². The van der Waals surface area contributed by atoms with Crippen LogP contribution >= 0.6 is 0 Å². The molecule has 2 aromatic heterocycles. The summed E-state index contributed by atoms with van der Waals surface area (Å²) in [5.74, 6) is 0.261. The Hall–Kier alpha value is -2.18. The van der Waals surface area contributed by atoms with Crippen molar-refractivity contribution in [1.29, 1.82) is 0 Å². The molecule has 2 aromatic rings. The molecule has 7 nitrogen and oxygen atoms in total. The third-order valence-electron chi connectivity index (χ3n) is 3.26. The molecule has 0 saturated heterocycles. The molecule has 0 spiro atoms. The third kappa shape index (κ3) is 3.18. The van der Waals surface area contributed by atoms with Crippen molar-refractivity contribution in [2.24, 2.45) is 0 Å². The van der Waals surface area contributed by atoms with Crippen LogP contribution in [-0.2, 0) is 22.5 Å². The Balaban J connectivity index is 2.56. The summed E-state index contributed by atoms with van der Waals surface area (Å²) < 4.78 is 7.66. The van der Waals surface area contributed by atoms with Crippen molar-refractivity contribution in [2.45, 2.75) is 53.0 Å². The Morgan fingerprint density at radius 2 is 2.05 bits per heavy atom. The molecule has 0 saturated carbocycles. The molecule has 0 atom stereocenters. The van der Waals surface area contributed by atoms with Crippen molar-refractivity contribution in [3.8, 4) is 0 Å². The van der Waals surface area contributed by atoms with E-state index in [0.29, 0.717) is 11.3 Å². The molecule has 0 aliphatic carbocycles.